The Kier molecular flexibility index (Phi) is 4.13. The summed E-state index contributed by atoms with van der Waals surface area (Å²) in [4.78, 5) is 0. The van der Waals surface area contributed by atoms with Gasteiger partial charge in [-0.1, -0.05) is 42.5 Å². The Morgan fingerprint density at radius 2 is 1.68 bits per heavy atom. The first kappa shape index (κ1) is 14.6. The van der Waals surface area contributed by atoms with Gasteiger partial charge in [-0.05, 0) is 17.7 Å². The van der Waals surface area contributed by atoms with Crippen LogP contribution >= 0.6 is 0 Å². The SMILES string of the molecule is COc1c([C@@H](O)OC)n(Cc2ccccc2)c2ccccc12. The van der Waals surface area contributed by atoms with E-state index in [1.807, 2.05) is 47.0 Å². The van der Waals surface area contributed by atoms with Gasteiger partial charge in [-0.2, -0.15) is 0 Å². The van der Waals surface area contributed by atoms with Crippen LogP contribution in [0.15, 0.2) is 54.6 Å². The van der Waals surface area contributed by atoms with Crippen LogP contribution in [-0.2, 0) is 11.3 Å². The molecule has 1 heterocycles. The van der Waals surface area contributed by atoms with Crippen molar-refractivity contribution < 1.29 is 14.6 Å². The lowest BCUT2D eigenvalue weighted by molar-refractivity contribution is -0.0827. The molecule has 0 aliphatic carbocycles. The highest BCUT2D eigenvalue weighted by molar-refractivity contribution is 5.89. The number of ether oxygens (including phenoxy) is 2. The number of nitrogens with zero attached hydrogens (tertiary/aromatic N) is 1. The zero-order chi connectivity index (χ0) is 15.5. The number of aromatic nitrogens is 1. The van der Waals surface area contributed by atoms with Crippen molar-refractivity contribution in [2.75, 3.05) is 14.2 Å². The standard InChI is InChI=1S/C18H19NO3/c1-21-17-14-10-6-7-11-15(14)19(16(17)18(20)22-2)12-13-8-4-3-5-9-13/h3-11,18,20H,12H2,1-2H3/t18-/m0/s1. The molecule has 0 radical (unpaired) electrons. The first-order valence-corrected chi connectivity index (χ1v) is 7.16. The van der Waals surface area contributed by atoms with Crippen molar-refractivity contribution >= 4 is 10.9 Å². The van der Waals surface area contributed by atoms with Crippen molar-refractivity contribution in [2.24, 2.45) is 0 Å². The maximum atomic E-state index is 10.3. The molecule has 0 bridgehead atoms. The van der Waals surface area contributed by atoms with Crippen molar-refractivity contribution in [1.29, 1.82) is 0 Å². The molecular formula is C18H19NO3. The summed E-state index contributed by atoms with van der Waals surface area (Å²) in [5.41, 5.74) is 2.79. The molecule has 0 aliphatic heterocycles. The maximum absolute atomic E-state index is 10.3. The largest absolute Gasteiger partial charge is 0.494 e. The zero-order valence-electron chi connectivity index (χ0n) is 12.7. The average Bonchev–Trinajstić information content (AvgIpc) is 2.89. The summed E-state index contributed by atoms with van der Waals surface area (Å²) in [6.45, 7) is 0.639. The highest BCUT2D eigenvalue weighted by atomic mass is 16.6. The molecule has 4 nitrogen and oxygen atoms in total. The minimum atomic E-state index is -1.04. The van der Waals surface area contributed by atoms with Crippen LogP contribution in [0.25, 0.3) is 10.9 Å². The Bertz CT molecular complexity index is 765. The van der Waals surface area contributed by atoms with Crippen LogP contribution in [0, 0.1) is 0 Å². The number of hydrogen-bond acceptors (Lipinski definition) is 3. The molecule has 4 heteroatoms. The number of aliphatic hydroxyl groups is 1. The van der Waals surface area contributed by atoms with Gasteiger partial charge in [0.1, 0.15) is 5.69 Å². The second kappa shape index (κ2) is 6.22. The lowest BCUT2D eigenvalue weighted by Crippen LogP contribution is -2.11. The summed E-state index contributed by atoms with van der Waals surface area (Å²) >= 11 is 0. The van der Waals surface area contributed by atoms with Gasteiger partial charge < -0.3 is 19.1 Å². The highest BCUT2D eigenvalue weighted by Gasteiger charge is 2.23. The van der Waals surface area contributed by atoms with Gasteiger partial charge >= 0.3 is 0 Å². The van der Waals surface area contributed by atoms with Crippen LogP contribution in [0.2, 0.25) is 0 Å². The van der Waals surface area contributed by atoms with Gasteiger partial charge in [-0.3, -0.25) is 0 Å². The Balaban J connectivity index is 2.22. The molecule has 3 aromatic rings. The second-order valence-electron chi connectivity index (χ2n) is 5.10. The summed E-state index contributed by atoms with van der Waals surface area (Å²) in [7, 11) is 3.09. The van der Waals surface area contributed by atoms with Gasteiger partial charge in [0, 0.05) is 19.0 Å². The number of aliphatic hydroxyl groups excluding tert-OH is 1. The molecule has 0 fully saturated rings. The maximum Gasteiger partial charge on any atom is 0.200 e. The first-order valence-electron chi connectivity index (χ1n) is 7.16. The Hall–Kier alpha value is -2.30. The van der Waals surface area contributed by atoms with Gasteiger partial charge in [0.2, 0.25) is 0 Å². The number of fused-ring (bicyclic) bond motifs is 1. The molecule has 3 rings (SSSR count). The molecule has 0 saturated carbocycles. The Morgan fingerprint density at radius 1 is 1.00 bits per heavy atom. The molecule has 114 valence electrons. The third kappa shape index (κ3) is 2.47. The summed E-state index contributed by atoms with van der Waals surface area (Å²) in [5, 5.41) is 11.2. The smallest absolute Gasteiger partial charge is 0.200 e. The van der Waals surface area contributed by atoms with Gasteiger partial charge in [0.05, 0.1) is 12.6 Å². The minimum Gasteiger partial charge on any atom is -0.494 e. The summed E-state index contributed by atoms with van der Waals surface area (Å²) in [6.07, 6.45) is -1.04. The number of methoxy groups -OCH3 is 2. The van der Waals surface area contributed by atoms with Crippen LogP contribution in [-0.4, -0.2) is 23.9 Å². The Morgan fingerprint density at radius 3 is 2.36 bits per heavy atom. The molecule has 1 N–H and O–H groups in total. The molecular weight excluding hydrogens is 278 g/mol. The number of para-hydroxylation sites is 1. The average molecular weight is 297 g/mol. The fourth-order valence-electron chi connectivity index (χ4n) is 2.80. The van der Waals surface area contributed by atoms with Gasteiger partial charge in [-0.25, -0.2) is 0 Å². The van der Waals surface area contributed by atoms with Gasteiger partial charge in [0.15, 0.2) is 12.0 Å². The van der Waals surface area contributed by atoms with E-state index in [-0.39, 0.29) is 0 Å². The molecule has 2 aromatic carbocycles. The van der Waals surface area contributed by atoms with E-state index < -0.39 is 6.29 Å². The number of benzene rings is 2. The van der Waals surface area contributed by atoms with Gasteiger partial charge in [0.25, 0.3) is 0 Å². The third-order valence-electron chi connectivity index (χ3n) is 3.81. The van der Waals surface area contributed by atoms with E-state index in [2.05, 4.69) is 12.1 Å². The van der Waals surface area contributed by atoms with E-state index >= 15 is 0 Å². The van der Waals surface area contributed by atoms with Gasteiger partial charge in [-0.15, -0.1) is 0 Å². The Labute approximate surface area is 129 Å². The molecule has 22 heavy (non-hydrogen) atoms. The topological polar surface area (TPSA) is 43.6 Å². The third-order valence-corrected chi connectivity index (χ3v) is 3.81. The summed E-state index contributed by atoms with van der Waals surface area (Å²) in [6, 6.07) is 18.1. The molecule has 1 atom stereocenters. The number of rotatable bonds is 5. The lowest BCUT2D eigenvalue weighted by atomic mass is 10.2. The molecule has 0 saturated heterocycles. The fourth-order valence-corrected chi connectivity index (χ4v) is 2.80. The van der Waals surface area contributed by atoms with Crippen molar-refractivity contribution in [3.05, 3.63) is 65.9 Å². The molecule has 0 unspecified atom stereocenters. The van der Waals surface area contributed by atoms with Crippen LogP contribution in [0.3, 0.4) is 0 Å². The lowest BCUT2D eigenvalue weighted by Gasteiger charge is -2.15. The summed E-state index contributed by atoms with van der Waals surface area (Å²) < 4.78 is 12.7. The van der Waals surface area contributed by atoms with Crippen molar-refractivity contribution in [1.82, 2.24) is 4.57 Å². The van der Waals surface area contributed by atoms with E-state index in [0.29, 0.717) is 18.0 Å². The van der Waals surface area contributed by atoms with Crippen LogP contribution in [0.5, 0.6) is 5.75 Å². The second-order valence-corrected chi connectivity index (χ2v) is 5.10. The van der Waals surface area contributed by atoms with E-state index in [1.54, 1.807) is 7.11 Å². The van der Waals surface area contributed by atoms with Crippen LogP contribution in [0.4, 0.5) is 0 Å². The van der Waals surface area contributed by atoms with E-state index in [0.717, 1.165) is 16.5 Å². The monoisotopic (exact) mass is 297 g/mol. The quantitative estimate of drug-likeness (QED) is 0.735. The van der Waals surface area contributed by atoms with E-state index in [9.17, 15) is 5.11 Å². The normalized spacial score (nSPS) is 12.5. The van der Waals surface area contributed by atoms with Crippen molar-refractivity contribution in [2.45, 2.75) is 12.8 Å². The van der Waals surface area contributed by atoms with Crippen LogP contribution in [0.1, 0.15) is 17.5 Å². The molecule has 0 amide bonds. The van der Waals surface area contributed by atoms with E-state index in [4.69, 9.17) is 9.47 Å². The predicted molar refractivity (Wildman–Crippen MR) is 86.0 cm³/mol. The predicted octanol–water partition coefficient (Wildman–Crippen LogP) is 3.34. The van der Waals surface area contributed by atoms with E-state index in [1.165, 1.54) is 7.11 Å². The molecule has 0 spiro atoms. The van der Waals surface area contributed by atoms with Crippen LogP contribution < -0.4 is 4.74 Å². The number of hydrogen-bond donors (Lipinski definition) is 1. The zero-order valence-corrected chi connectivity index (χ0v) is 12.7. The molecule has 1 aromatic heterocycles. The first-order chi connectivity index (χ1) is 10.8. The highest BCUT2D eigenvalue weighted by Crippen LogP contribution is 2.37. The fraction of sp³-hybridized carbons (Fsp3) is 0.222. The van der Waals surface area contributed by atoms with Crippen molar-refractivity contribution in [3.63, 3.8) is 0 Å². The van der Waals surface area contributed by atoms with Crippen molar-refractivity contribution in [3.8, 4) is 5.75 Å². The summed E-state index contributed by atoms with van der Waals surface area (Å²) in [5.74, 6) is 0.654. The molecule has 0 aliphatic rings. The minimum absolute atomic E-state index is 0.634.